The number of hydrogen-bond donors (Lipinski definition) is 1. The maximum absolute atomic E-state index is 12.8. The molecule has 1 heterocycles. The average molecular weight is 498 g/mol. The first kappa shape index (κ1) is 23.0. The molecule has 1 saturated heterocycles. The molecule has 0 aromatic heterocycles. The summed E-state index contributed by atoms with van der Waals surface area (Å²) < 4.78 is 0. The van der Waals surface area contributed by atoms with Gasteiger partial charge in [-0.3, -0.25) is 14.5 Å². The largest absolute Gasteiger partial charge is 0.507 e. The number of azo groups is 1. The fourth-order valence-corrected chi connectivity index (χ4v) is 4.29. The van der Waals surface area contributed by atoms with E-state index in [1.807, 2.05) is 13.0 Å². The van der Waals surface area contributed by atoms with Gasteiger partial charge in [0.2, 0.25) is 0 Å². The van der Waals surface area contributed by atoms with Gasteiger partial charge < -0.3 is 5.11 Å². The molecule has 3 aromatic carbocycles. The van der Waals surface area contributed by atoms with Crippen LogP contribution in [0.1, 0.15) is 16.7 Å². The molecule has 4 rings (SSSR count). The van der Waals surface area contributed by atoms with Gasteiger partial charge in [0.15, 0.2) is 0 Å². The van der Waals surface area contributed by atoms with Crippen molar-refractivity contribution in [2.75, 3.05) is 0 Å². The molecule has 1 fully saturated rings. The zero-order valence-corrected chi connectivity index (χ0v) is 19.7. The number of thioether (sulfide) groups is 1. The third-order valence-corrected chi connectivity index (χ3v) is 6.39. The number of halogens is 2. The monoisotopic (exact) mass is 497 g/mol. The zero-order valence-electron chi connectivity index (χ0n) is 17.3. The lowest BCUT2D eigenvalue weighted by atomic mass is 10.1. The molecule has 0 aliphatic carbocycles. The van der Waals surface area contributed by atoms with Crippen molar-refractivity contribution in [2.45, 2.75) is 13.5 Å². The molecular formula is C24H17Cl2N3O3S. The fraction of sp³-hybridized carbons (Fsp3) is 0.0833. The molecule has 6 nitrogen and oxygen atoms in total. The number of phenolic OH excluding ortho intramolecular Hbond substituents is 1. The van der Waals surface area contributed by atoms with Crippen LogP contribution in [0.5, 0.6) is 5.75 Å². The fourth-order valence-electron chi connectivity index (χ4n) is 3.07. The molecule has 166 valence electrons. The molecule has 9 heteroatoms. The number of amides is 2. The Morgan fingerprint density at radius 3 is 2.45 bits per heavy atom. The predicted octanol–water partition coefficient (Wildman–Crippen LogP) is 7.66. The Balaban J connectivity index is 1.55. The normalized spacial score (nSPS) is 15.2. The highest BCUT2D eigenvalue weighted by Crippen LogP contribution is 2.36. The minimum atomic E-state index is -0.439. The van der Waals surface area contributed by atoms with Crippen LogP contribution in [0.2, 0.25) is 10.0 Å². The highest BCUT2D eigenvalue weighted by molar-refractivity contribution is 8.18. The molecular weight excluding hydrogens is 481 g/mol. The van der Waals surface area contributed by atoms with Crippen LogP contribution in [0.3, 0.4) is 0 Å². The first-order valence-electron chi connectivity index (χ1n) is 9.81. The molecule has 2 amide bonds. The third-order valence-electron chi connectivity index (χ3n) is 4.84. The zero-order chi connectivity index (χ0) is 23.5. The van der Waals surface area contributed by atoms with Crippen LogP contribution in [0.15, 0.2) is 75.8 Å². The number of benzene rings is 3. The van der Waals surface area contributed by atoms with E-state index in [1.54, 1.807) is 48.5 Å². The van der Waals surface area contributed by atoms with Gasteiger partial charge in [-0.05, 0) is 78.4 Å². The number of aryl methyl sites for hydroxylation is 1. The number of carbonyl (C=O) groups excluding carboxylic acids is 2. The summed E-state index contributed by atoms with van der Waals surface area (Å²) in [7, 11) is 0. The first-order valence-corrected chi connectivity index (χ1v) is 11.4. The van der Waals surface area contributed by atoms with Gasteiger partial charge in [0, 0.05) is 15.6 Å². The second-order valence-electron chi connectivity index (χ2n) is 7.27. The average Bonchev–Trinajstić information content (AvgIpc) is 3.04. The highest BCUT2D eigenvalue weighted by Gasteiger charge is 2.35. The maximum Gasteiger partial charge on any atom is 0.293 e. The van der Waals surface area contributed by atoms with Crippen molar-refractivity contribution in [1.82, 2.24) is 4.90 Å². The maximum atomic E-state index is 12.8. The van der Waals surface area contributed by atoms with Gasteiger partial charge in [-0.2, -0.15) is 10.2 Å². The predicted molar refractivity (Wildman–Crippen MR) is 131 cm³/mol. The van der Waals surface area contributed by atoms with Crippen molar-refractivity contribution < 1.29 is 14.7 Å². The molecule has 0 radical (unpaired) electrons. The summed E-state index contributed by atoms with van der Waals surface area (Å²) >= 11 is 12.9. The lowest BCUT2D eigenvalue weighted by Gasteiger charge is -2.12. The van der Waals surface area contributed by atoms with E-state index in [1.165, 1.54) is 12.1 Å². The number of aromatic hydroxyl groups is 1. The number of carbonyl (C=O) groups is 2. The van der Waals surface area contributed by atoms with Crippen LogP contribution in [0, 0.1) is 6.92 Å². The van der Waals surface area contributed by atoms with Crippen LogP contribution < -0.4 is 0 Å². The van der Waals surface area contributed by atoms with Crippen molar-refractivity contribution in [3.8, 4) is 5.75 Å². The van der Waals surface area contributed by atoms with Gasteiger partial charge in [-0.1, -0.05) is 41.4 Å². The molecule has 0 unspecified atom stereocenters. The van der Waals surface area contributed by atoms with Gasteiger partial charge >= 0.3 is 0 Å². The lowest BCUT2D eigenvalue weighted by molar-refractivity contribution is -0.123. The van der Waals surface area contributed by atoms with E-state index in [9.17, 15) is 14.7 Å². The van der Waals surface area contributed by atoms with E-state index in [-0.39, 0.29) is 17.2 Å². The molecule has 1 aliphatic rings. The summed E-state index contributed by atoms with van der Waals surface area (Å²) in [5.74, 6) is -0.486. The minimum absolute atomic E-state index is 0.0472. The summed E-state index contributed by atoms with van der Waals surface area (Å²) in [6, 6.07) is 17.0. The first-order chi connectivity index (χ1) is 15.8. The van der Waals surface area contributed by atoms with Crippen molar-refractivity contribution in [3.63, 3.8) is 0 Å². The standard InChI is InChI=1S/C24H17Cl2N3O3S/c1-14-5-6-19(12-20(14)26)28-27-18-7-8-21(30)16(10-18)11-22-23(31)29(24(32)33-22)13-15-3-2-4-17(25)9-15/h2-12,30H,13H2,1H3/b22-11-,28-27?. The van der Waals surface area contributed by atoms with Crippen LogP contribution >= 0.6 is 35.0 Å². The number of phenols is 1. The SMILES string of the molecule is Cc1ccc(N=Nc2ccc(O)c(/C=C3\SC(=O)N(Cc4cccc(Cl)c4)C3=O)c2)cc1Cl. The van der Waals surface area contributed by atoms with E-state index in [0.29, 0.717) is 27.0 Å². The molecule has 33 heavy (non-hydrogen) atoms. The molecule has 0 atom stereocenters. The van der Waals surface area contributed by atoms with Crippen LogP contribution in [0.4, 0.5) is 16.2 Å². The van der Waals surface area contributed by atoms with Gasteiger partial charge in [0.1, 0.15) is 5.75 Å². The van der Waals surface area contributed by atoms with Gasteiger partial charge in [0.05, 0.1) is 22.8 Å². The van der Waals surface area contributed by atoms with Crippen LogP contribution in [-0.4, -0.2) is 21.2 Å². The van der Waals surface area contributed by atoms with Crippen LogP contribution in [0.25, 0.3) is 6.08 Å². The summed E-state index contributed by atoms with van der Waals surface area (Å²) in [5.41, 5.74) is 3.08. The number of imide groups is 1. The van der Waals surface area contributed by atoms with Gasteiger partial charge in [-0.25, -0.2) is 0 Å². The van der Waals surface area contributed by atoms with Crippen molar-refractivity contribution in [1.29, 1.82) is 0 Å². The van der Waals surface area contributed by atoms with E-state index in [0.717, 1.165) is 27.8 Å². The molecule has 0 bridgehead atoms. The van der Waals surface area contributed by atoms with E-state index in [2.05, 4.69) is 10.2 Å². The molecule has 1 N–H and O–H groups in total. The molecule has 3 aromatic rings. The van der Waals surface area contributed by atoms with Gasteiger partial charge in [-0.15, -0.1) is 0 Å². The third kappa shape index (κ3) is 5.45. The molecule has 1 aliphatic heterocycles. The number of rotatable bonds is 5. The highest BCUT2D eigenvalue weighted by atomic mass is 35.5. The molecule has 0 saturated carbocycles. The topological polar surface area (TPSA) is 82.3 Å². The quantitative estimate of drug-likeness (QED) is 0.289. The van der Waals surface area contributed by atoms with Crippen molar-refractivity contribution in [3.05, 3.63) is 92.3 Å². The molecule has 0 spiro atoms. The summed E-state index contributed by atoms with van der Waals surface area (Å²) in [5, 5.41) is 19.3. The Hall–Kier alpha value is -3.13. The summed E-state index contributed by atoms with van der Waals surface area (Å²) in [6.45, 7) is 2.01. The Morgan fingerprint density at radius 2 is 1.73 bits per heavy atom. The second-order valence-corrected chi connectivity index (χ2v) is 9.11. The van der Waals surface area contributed by atoms with E-state index >= 15 is 0 Å². The summed E-state index contributed by atoms with van der Waals surface area (Å²) in [4.78, 5) is 26.6. The van der Waals surface area contributed by atoms with Crippen LogP contribution in [-0.2, 0) is 11.3 Å². The summed E-state index contributed by atoms with van der Waals surface area (Å²) in [6.07, 6.45) is 1.47. The Kier molecular flexibility index (Phi) is 6.83. The van der Waals surface area contributed by atoms with E-state index < -0.39 is 11.1 Å². The Labute approximate surface area is 204 Å². The number of nitrogens with zero attached hydrogens (tertiary/aromatic N) is 3. The van der Waals surface area contributed by atoms with Gasteiger partial charge in [0.25, 0.3) is 11.1 Å². The van der Waals surface area contributed by atoms with Crippen molar-refractivity contribution >= 4 is 63.6 Å². The smallest absolute Gasteiger partial charge is 0.293 e. The van der Waals surface area contributed by atoms with Crippen molar-refractivity contribution in [2.24, 2.45) is 10.2 Å². The lowest BCUT2D eigenvalue weighted by Crippen LogP contribution is -2.27. The Bertz CT molecular complexity index is 1320. The Morgan fingerprint density at radius 1 is 1.00 bits per heavy atom. The second kappa shape index (κ2) is 9.79. The minimum Gasteiger partial charge on any atom is -0.507 e. The number of hydrogen-bond acceptors (Lipinski definition) is 6. The van der Waals surface area contributed by atoms with E-state index in [4.69, 9.17) is 23.2 Å².